The highest BCUT2D eigenvalue weighted by Gasteiger charge is 2.28. The monoisotopic (exact) mass is 348 g/mol. The highest BCUT2D eigenvalue weighted by molar-refractivity contribution is 7.91. The van der Waals surface area contributed by atoms with Crippen molar-refractivity contribution in [3.05, 3.63) is 0 Å². The molecule has 0 radical (unpaired) electrons. The lowest BCUT2D eigenvalue weighted by atomic mass is 10.3. The Bertz CT molecular complexity index is 505. The Hall–Kier alpha value is -1.35. The molecule has 1 saturated heterocycles. The van der Waals surface area contributed by atoms with Gasteiger partial charge in [-0.25, -0.2) is 13.4 Å². The summed E-state index contributed by atoms with van der Waals surface area (Å²) in [6.07, 6.45) is 1.36. The smallest absolute Gasteiger partial charge is 0.243 e. The molecule has 1 atom stereocenters. The van der Waals surface area contributed by atoms with Crippen molar-refractivity contribution in [2.24, 2.45) is 4.99 Å². The van der Waals surface area contributed by atoms with Gasteiger partial charge in [-0.2, -0.15) is 0 Å². The van der Waals surface area contributed by atoms with Gasteiger partial charge in [0, 0.05) is 39.9 Å². The molecular formula is C14H28N4O4S. The van der Waals surface area contributed by atoms with Crippen molar-refractivity contribution in [3.8, 4) is 0 Å². The summed E-state index contributed by atoms with van der Waals surface area (Å²) in [6, 6.07) is -0.160. The minimum Gasteiger partial charge on any atom is -0.382 e. The van der Waals surface area contributed by atoms with Gasteiger partial charge in [-0.15, -0.1) is 0 Å². The number of hydrogen-bond acceptors (Lipinski definition) is 5. The summed E-state index contributed by atoms with van der Waals surface area (Å²) in [5.41, 5.74) is 0. The van der Waals surface area contributed by atoms with E-state index in [2.05, 4.69) is 15.6 Å². The summed E-state index contributed by atoms with van der Waals surface area (Å²) in [5, 5.41) is 6.23. The fourth-order valence-corrected chi connectivity index (χ4v) is 3.74. The molecule has 1 unspecified atom stereocenters. The van der Waals surface area contributed by atoms with E-state index in [0.717, 1.165) is 6.42 Å². The van der Waals surface area contributed by atoms with Crippen LogP contribution in [0.2, 0.25) is 0 Å². The number of carbonyl (C=O) groups is 1. The Kier molecular flexibility index (Phi) is 8.32. The second kappa shape index (κ2) is 9.71. The molecule has 1 fully saturated rings. The second-order valence-electron chi connectivity index (χ2n) is 5.67. The molecule has 134 valence electrons. The number of nitrogens with one attached hydrogen (secondary N) is 2. The van der Waals surface area contributed by atoms with Crippen LogP contribution in [-0.4, -0.2) is 83.1 Å². The molecule has 0 aromatic rings. The van der Waals surface area contributed by atoms with E-state index >= 15 is 0 Å². The molecule has 1 aliphatic heterocycles. The molecule has 1 heterocycles. The highest BCUT2D eigenvalue weighted by Crippen LogP contribution is 2.10. The SMILES string of the molecule is CCOCCCNC(=NCC(=O)N(C)C)NC1CCS(=O)(=O)C1. The Balaban J connectivity index is 2.53. The van der Waals surface area contributed by atoms with Gasteiger partial charge < -0.3 is 20.3 Å². The van der Waals surface area contributed by atoms with Crippen LogP contribution in [0.3, 0.4) is 0 Å². The van der Waals surface area contributed by atoms with E-state index in [9.17, 15) is 13.2 Å². The Morgan fingerprint density at radius 2 is 2.13 bits per heavy atom. The van der Waals surface area contributed by atoms with E-state index in [0.29, 0.717) is 32.1 Å². The highest BCUT2D eigenvalue weighted by atomic mass is 32.2. The zero-order chi connectivity index (χ0) is 17.3. The number of hydrogen-bond donors (Lipinski definition) is 2. The lowest BCUT2D eigenvalue weighted by Crippen LogP contribution is -2.45. The molecule has 2 N–H and O–H groups in total. The van der Waals surface area contributed by atoms with Gasteiger partial charge in [0.05, 0.1) is 11.5 Å². The van der Waals surface area contributed by atoms with Crippen LogP contribution in [0.4, 0.5) is 0 Å². The predicted molar refractivity (Wildman–Crippen MR) is 90.3 cm³/mol. The second-order valence-corrected chi connectivity index (χ2v) is 7.90. The fourth-order valence-electron chi connectivity index (χ4n) is 2.07. The van der Waals surface area contributed by atoms with E-state index in [-0.39, 0.29) is 30.0 Å². The standard InChI is InChI=1S/C14H28N4O4S/c1-4-22-8-5-7-15-14(16-10-13(19)18(2)3)17-12-6-9-23(20,21)11-12/h12H,4-11H2,1-3H3,(H2,15,16,17). The van der Waals surface area contributed by atoms with E-state index < -0.39 is 9.84 Å². The fraction of sp³-hybridized carbons (Fsp3) is 0.857. The Morgan fingerprint density at radius 1 is 1.39 bits per heavy atom. The molecular weight excluding hydrogens is 320 g/mol. The number of ether oxygens (including phenoxy) is 1. The third kappa shape index (κ3) is 8.17. The Labute approximate surface area is 138 Å². The molecule has 0 spiro atoms. The summed E-state index contributed by atoms with van der Waals surface area (Å²) in [5.74, 6) is 0.658. The van der Waals surface area contributed by atoms with Crippen molar-refractivity contribution in [2.75, 3.05) is 51.9 Å². The number of aliphatic imine (C=N–C) groups is 1. The van der Waals surface area contributed by atoms with Crippen LogP contribution in [-0.2, 0) is 19.4 Å². The maximum Gasteiger partial charge on any atom is 0.243 e. The average molecular weight is 348 g/mol. The van der Waals surface area contributed by atoms with Gasteiger partial charge in [0.2, 0.25) is 5.91 Å². The molecule has 8 nitrogen and oxygen atoms in total. The van der Waals surface area contributed by atoms with Crippen molar-refractivity contribution >= 4 is 21.7 Å². The number of likely N-dealkylation sites (N-methyl/N-ethyl adjacent to an activating group) is 1. The first kappa shape index (κ1) is 19.7. The molecule has 0 saturated carbocycles. The largest absolute Gasteiger partial charge is 0.382 e. The van der Waals surface area contributed by atoms with Gasteiger partial charge in [-0.3, -0.25) is 4.79 Å². The summed E-state index contributed by atoms with van der Waals surface area (Å²) in [6.45, 7) is 3.92. The van der Waals surface area contributed by atoms with Crippen LogP contribution in [0.25, 0.3) is 0 Å². The van der Waals surface area contributed by atoms with Crippen molar-refractivity contribution in [1.29, 1.82) is 0 Å². The Morgan fingerprint density at radius 3 is 2.70 bits per heavy atom. The summed E-state index contributed by atoms with van der Waals surface area (Å²) in [7, 11) is 0.383. The third-order valence-corrected chi connectivity index (χ3v) is 5.17. The summed E-state index contributed by atoms with van der Waals surface area (Å²) >= 11 is 0. The number of sulfone groups is 1. The molecule has 1 aliphatic rings. The number of guanidine groups is 1. The topological polar surface area (TPSA) is 100 Å². The first-order valence-corrected chi connectivity index (χ1v) is 9.69. The van der Waals surface area contributed by atoms with E-state index in [4.69, 9.17) is 4.74 Å². The zero-order valence-corrected chi connectivity index (χ0v) is 15.0. The molecule has 0 aromatic carbocycles. The molecule has 0 bridgehead atoms. The van der Waals surface area contributed by atoms with Gasteiger partial charge in [0.1, 0.15) is 6.54 Å². The quantitative estimate of drug-likeness (QED) is 0.339. The maximum absolute atomic E-state index is 11.7. The van der Waals surface area contributed by atoms with Crippen molar-refractivity contribution in [2.45, 2.75) is 25.8 Å². The molecule has 23 heavy (non-hydrogen) atoms. The summed E-state index contributed by atoms with van der Waals surface area (Å²) < 4.78 is 28.3. The van der Waals surface area contributed by atoms with Gasteiger partial charge in [-0.1, -0.05) is 0 Å². The van der Waals surface area contributed by atoms with E-state index in [1.54, 1.807) is 14.1 Å². The molecule has 1 amide bonds. The number of nitrogens with zero attached hydrogens (tertiary/aromatic N) is 2. The van der Waals surface area contributed by atoms with Gasteiger partial charge >= 0.3 is 0 Å². The third-order valence-electron chi connectivity index (χ3n) is 3.41. The van der Waals surface area contributed by atoms with Crippen molar-refractivity contribution < 1.29 is 17.9 Å². The minimum atomic E-state index is -2.96. The molecule has 9 heteroatoms. The predicted octanol–water partition coefficient (Wildman–Crippen LogP) is -0.776. The average Bonchev–Trinajstić information content (AvgIpc) is 2.82. The molecule has 1 rings (SSSR count). The normalized spacial score (nSPS) is 20.3. The lowest BCUT2D eigenvalue weighted by molar-refractivity contribution is -0.127. The first-order valence-electron chi connectivity index (χ1n) is 7.87. The van der Waals surface area contributed by atoms with Crippen LogP contribution in [0.5, 0.6) is 0 Å². The number of amides is 1. The zero-order valence-electron chi connectivity index (χ0n) is 14.2. The van der Waals surface area contributed by atoms with E-state index in [1.165, 1.54) is 4.90 Å². The molecule has 0 aliphatic carbocycles. The van der Waals surface area contributed by atoms with Crippen molar-refractivity contribution in [3.63, 3.8) is 0 Å². The van der Waals surface area contributed by atoms with Crippen molar-refractivity contribution in [1.82, 2.24) is 15.5 Å². The van der Waals surface area contributed by atoms with E-state index in [1.807, 2.05) is 6.92 Å². The van der Waals surface area contributed by atoms with Gasteiger partial charge in [0.25, 0.3) is 0 Å². The lowest BCUT2D eigenvalue weighted by Gasteiger charge is -2.17. The van der Waals surface area contributed by atoms with Gasteiger partial charge in [-0.05, 0) is 19.8 Å². The number of rotatable bonds is 8. The van der Waals surface area contributed by atoms with Crippen LogP contribution in [0.1, 0.15) is 19.8 Å². The molecule has 0 aromatic heterocycles. The number of carbonyl (C=O) groups excluding carboxylic acids is 1. The van der Waals surface area contributed by atoms with Crippen LogP contribution >= 0.6 is 0 Å². The van der Waals surface area contributed by atoms with Crippen LogP contribution in [0, 0.1) is 0 Å². The maximum atomic E-state index is 11.7. The first-order chi connectivity index (χ1) is 10.8. The van der Waals surface area contributed by atoms with Crippen LogP contribution < -0.4 is 10.6 Å². The minimum absolute atomic E-state index is 0.0211. The van der Waals surface area contributed by atoms with Crippen LogP contribution in [0.15, 0.2) is 4.99 Å². The van der Waals surface area contributed by atoms with Gasteiger partial charge in [0.15, 0.2) is 15.8 Å². The summed E-state index contributed by atoms with van der Waals surface area (Å²) in [4.78, 5) is 17.4.